The van der Waals surface area contributed by atoms with Crippen LogP contribution in [0.1, 0.15) is 64.7 Å². The van der Waals surface area contributed by atoms with E-state index in [2.05, 4.69) is 22.9 Å². The van der Waals surface area contributed by atoms with E-state index in [0.29, 0.717) is 10.9 Å². The molecule has 15 heavy (non-hydrogen) atoms. The van der Waals surface area contributed by atoms with E-state index in [1.54, 1.807) is 0 Å². The maximum Gasteiger partial charge on any atom is 0.0700 e. The van der Waals surface area contributed by atoms with Gasteiger partial charge in [-0.05, 0) is 25.7 Å². The second kappa shape index (κ2) is 8.58. The van der Waals surface area contributed by atoms with Gasteiger partial charge in [-0.25, -0.2) is 0 Å². The normalized spacial score (nSPS) is 26.0. The zero-order valence-corrected chi connectivity index (χ0v) is 11.6. The maximum atomic E-state index is 5.87. The predicted octanol–water partition coefficient (Wildman–Crippen LogP) is 4.68. The molecule has 0 aliphatic heterocycles. The third kappa shape index (κ3) is 5.91. The lowest BCUT2D eigenvalue weighted by atomic mass is 10.1. The lowest BCUT2D eigenvalue weighted by Crippen LogP contribution is -2.18. The molecule has 0 radical (unpaired) electrons. The van der Waals surface area contributed by atoms with Gasteiger partial charge in [0, 0.05) is 11.4 Å². The van der Waals surface area contributed by atoms with E-state index in [1.165, 1.54) is 57.8 Å². The van der Waals surface area contributed by atoms with Gasteiger partial charge in [-0.3, -0.25) is 0 Å². The van der Waals surface area contributed by atoms with E-state index >= 15 is 0 Å². The minimum Gasteiger partial charge on any atom is -0.377 e. The van der Waals surface area contributed by atoms with Crippen molar-refractivity contribution in [1.82, 2.24) is 0 Å². The molecule has 0 N–H and O–H groups in total. The molecule has 0 amide bonds. The monoisotopic (exact) mass is 276 g/mol. The number of hydrogen-bond acceptors (Lipinski definition) is 1. The van der Waals surface area contributed by atoms with Gasteiger partial charge in [-0.15, -0.1) is 0 Å². The molecule has 1 aliphatic rings. The zero-order valence-electron chi connectivity index (χ0n) is 10.0. The molecular formula is C13H25BrO. The van der Waals surface area contributed by atoms with Crippen LogP contribution in [-0.2, 0) is 4.74 Å². The summed E-state index contributed by atoms with van der Waals surface area (Å²) in [5, 5.41) is 0. The summed E-state index contributed by atoms with van der Waals surface area (Å²) in [6.45, 7) is 3.23. The van der Waals surface area contributed by atoms with E-state index in [4.69, 9.17) is 4.74 Å². The molecule has 0 bridgehead atoms. The van der Waals surface area contributed by atoms with Crippen LogP contribution in [0.25, 0.3) is 0 Å². The zero-order chi connectivity index (χ0) is 10.9. The van der Waals surface area contributed by atoms with Crippen molar-refractivity contribution >= 4 is 15.9 Å². The van der Waals surface area contributed by atoms with Crippen LogP contribution in [-0.4, -0.2) is 17.5 Å². The first kappa shape index (κ1) is 13.5. The highest BCUT2D eigenvalue weighted by molar-refractivity contribution is 9.09. The summed E-state index contributed by atoms with van der Waals surface area (Å²) in [4.78, 5) is 0.623. The van der Waals surface area contributed by atoms with E-state index in [0.717, 1.165) is 6.61 Å². The fraction of sp³-hybridized carbons (Fsp3) is 1.00. The number of ether oxygens (including phenoxy) is 1. The van der Waals surface area contributed by atoms with Gasteiger partial charge < -0.3 is 4.74 Å². The van der Waals surface area contributed by atoms with E-state index in [1.807, 2.05) is 0 Å². The molecule has 1 fully saturated rings. The summed E-state index contributed by atoms with van der Waals surface area (Å²) < 4.78 is 5.87. The number of unbranched alkanes of at least 4 members (excludes halogenated alkanes) is 5. The minimum absolute atomic E-state index is 0.501. The van der Waals surface area contributed by atoms with Gasteiger partial charge in [0.2, 0.25) is 0 Å². The Morgan fingerprint density at radius 2 is 1.80 bits per heavy atom. The van der Waals surface area contributed by atoms with Crippen molar-refractivity contribution in [2.75, 3.05) is 6.61 Å². The van der Waals surface area contributed by atoms with Crippen molar-refractivity contribution in [3.63, 3.8) is 0 Å². The van der Waals surface area contributed by atoms with Crippen LogP contribution in [0.3, 0.4) is 0 Å². The average molecular weight is 277 g/mol. The molecule has 0 aromatic carbocycles. The Labute approximate surface area is 103 Å². The fourth-order valence-corrected chi connectivity index (χ4v) is 2.93. The molecule has 0 aromatic heterocycles. The lowest BCUT2D eigenvalue weighted by molar-refractivity contribution is 0.0599. The summed E-state index contributed by atoms with van der Waals surface area (Å²) in [5.41, 5.74) is 0. The van der Waals surface area contributed by atoms with Gasteiger partial charge in [-0.2, -0.15) is 0 Å². The van der Waals surface area contributed by atoms with Crippen LogP contribution in [0.5, 0.6) is 0 Å². The Hall–Kier alpha value is 0.440. The Bertz CT molecular complexity index is 149. The Morgan fingerprint density at radius 3 is 2.47 bits per heavy atom. The third-order valence-corrected chi connectivity index (χ3v) is 4.25. The molecule has 0 spiro atoms. The summed E-state index contributed by atoms with van der Waals surface area (Å²) in [7, 11) is 0. The Morgan fingerprint density at radius 1 is 1.07 bits per heavy atom. The molecule has 2 unspecified atom stereocenters. The van der Waals surface area contributed by atoms with Crippen LogP contribution in [0.15, 0.2) is 0 Å². The molecule has 0 aromatic rings. The van der Waals surface area contributed by atoms with E-state index in [9.17, 15) is 0 Å². The van der Waals surface area contributed by atoms with Gasteiger partial charge >= 0.3 is 0 Å². The second-order valence-electron chi connectivity index (χ2n) is 4.62. The van der Waals surface area contributed by atoms with Gasteiger partial charge in [-0.1, -0.05) is 55.0 Å². The molecule has 1 aliphatic carbocycles. The molecule has 0 heterocycles. The van der Waals surface area contributed by atoms with Crippen LogP contribution in [0.4, 0.5) is 0 Å². The highest BCUT2D eigenvalue weighted by Gasteiger charge is 2.24. The van der Waals surface area contributed by atoms with Gasteiger partial charge in [0.05, 0.1) is 6.10 Å². The first-order chi connectivity index (χ1) is 7.34. The topological polar surface area (TPSA) is 9.23 Å². The second-order valence-corrected chi connectivity index (χ2v) is 5.80. The fourth-order valence-electron chi connectivity index (χ4n) is 2.19. The van der Waals surface area contributed by atoms with E-state index in [-0.39, 0.29) is 0 Å². The molecule has 2 atom stereocenters. The molecule has 1 rings (SSSR count). The molecule has 0 saturated heterocycles. The number of rotatable bonds is 8. The standard InChI is InChI=1S/C13H25BrO/c1-2-3-4-5-6-7-11-15-13-10-8-9-12(13)14/h12-13H,2-11H2,1H3. The largest absolute Gasteiger partial charge is 0.377 e. The van der Waals surface area contributed by atoms with Gasteiger partial charge in [0.1, 0.15) is 0 Å². The van der Waals surface area contributed by atoms with Crippen LogP contribution < -0.4 is 0 Å². The molecular weight excluding hydrogens is 252 g/mol. The molecule has 1 nitrogen and oxygen atoms in total. The highest BCUT2D eigenvalue weighted by atomic mass is 79.9. The first-order valence-electron chi connectivity index (χ1n) is 6.60. The average Bonchev–Trinajstić information content (AvgIpc) is 2.63. The smallest absolute Gasteiger partial charge is 0.0700 e. The Balaban J connectivity index is 1.84. The minimum atomic E-state index is 0.501. The number of alkyl halides is 1. The van der Waals surface area contributed by atoms with Crippen molar-refractivity contribution in [3.8, 4) is 0 Å². The van der Waals surface area contributed by atoms with E-state index < -0.39 is 0 Å². The summed E-state index contributed by atoms with van der Waals surface area (Å²) >= 11 is 3.68. The lowest BCUT2D eigenvalue weighted by Gasteiger charge is -2.14. The van der Waals surface area contributed by atoms with Crippen molar-refractivity contribution in [2.24, 2.45) is 0 Å². The van der Waals surface area contributed by atoms with Gasteiger partial charge in [0.25, 0.3) is 0 Å². The summed E-state index contributed by atoms with van der Waals surface area (Å²) in [6, 6.07) is 0. The third-order valence-electron chi connectivity index (χ3n) is 3.20. The first-order valence-corrected chi connectivity index (χ1v) is 7.52. The maximum absolute atomic E-state index is 5.87. The van der Waals surface area contributed by atoms with Crippen molar-refractivity contribution in [3.05, 3.63) is 0 Å². The SMILES string of the molecule is CCCCCCCCOC1CCCC1Br. The predicted molar refractivity (Wildman–Crippen MR) is 69.7 cm³/mol. The number of halogens is 1. The molecule has 2 heteroatoms. The van der Waals surface area contributed by atoms with Crippen molar-refractivity contribution in [2.45, 2.75) is 75.6 Å². The van der Waals surface area contributed by atoms with Crippen molar-refractivity contribution in [1.29, 1.82) is 0 Å². The molecule has 1 saturated carbocycles. The van der Waals surface area contributed by atoms with Crippen LogP contribution in [0.2, 0.25) is 0 Å². The van der Waals surface area contributed by atoms with Crippen LogP contribution >= 0.6 is 15.9 Å². The Kier molecular flexibility index (Phi) is 7.72. The van der Waals surface area contributed by atoms with Crippen molar-refractivity contribution < 1.29 is 4.74 Å². The molecule has 90 valence electrons. The highest BCUT2D eigenvalue weighted by Crippen LogP contribution is 2.28. The van der Waals surface area contributed by atoms with Crippen LogP contribution in [0, 0.1) is 0 Å². The summed E-state index contributed by atoms with van der Waals surface area (Å²) in [5.74, 6) is 0. The van der Waals surface area contributed by atoms with Gasteiger partial charge in [0.15, 0.2) is 0 Å². The quantitative estimate of drug-likeness (QED) is 0.462. The summed E-state index contributed by atoms with van der Waals surface area (Å²) in [6.07, 6.45) is 12.5. The number of hydrogen-bond donors (Lipinski definition) is 0.